The van der Waals surface area contributed by atoms with E-state index in [2.05, 4.69) is 0 Å². The molecule has 0 spiro atoms. The van der Waals surface area contributed by atoms with E-state index < -0.39 is 11.9 Å². The van der Waals surface area contributed by atoms with Crippen molar-refractivity contribution < 1.29 is 29.3 Å². The first-order valence-corrected chi connectivity index (χ1v) is 13.1. The molecule has 0 bridgehead atoms. The van der Waals surface area contributed by atoms with E-state index in [1.807, 2.05) is 48.5 Å². The molecule has 0 atom stereocenters. The monoisotopic (exact) mass is 520 g/mol. The molecule has 0 amide bonds. The van der Waals surface area contributed by atoms with E-state index in [1.54, 1.807) is 14.2 Å². The van der Waals surface area contributed by atoms with Crippen LogP contribution >= 0.6 is 0 Å². The molecule has 2 N–H and O–H groups in total. The summed E-state index contributed by atoms with van der Waals surface area (Å²) < 4.78 is 10.0. The Balaban J connectivity index is 0.000000280. The number of hydrogen-bond donors (Lipinski definition) is 2. The van der Waals surface area contributed by atoms with Crippen LogP contribution in [0.4, 0.5) is 0 Å². The van der Waals surface area contributed by atoms with Crippen LogP contribution in [0.5, 0.6) is 11.5 Å². The summed E-state index contributed by atoms with van der Waals surface area (Å²) in [4.78, 5) is 20.6. The van der Waals surface area contributed by atoms with Crippen LogP contribution in [0.1, 0.15) is 11.1 Å². The predicted octanol–water partition coefficient (Wildman–Crippen LogP) is 2.80. The van der Waals surface area contributed by atoms with Gasteiger partial charge < -0.3 is 0 Å². The summed E-state index contributed by atoms with van der Waals surface area (Å²) >= 11 is 0.306. The Hall–Kier alpha value is -1.98. The minimum absolute atomic E-state index is 0.153. The molecule has 2 aromatic rings. The summed E-state index contributed by atoms with van der Waals surface area (Å²) in [5, 5.41) is 19.2. The van der Waals surface area contributed by atoms with Gasteiger partial charge in [0, 0.05) is 0 Å². The van der Waals surface area contributed by atoms with Gasteiger partial charge in [-0.3, -0.25) is 0 Å². The Morgan fingerprint density at radius 2 is 1.04 bits per heavy atom. The van der Waals surface area contributed by atoms with E-state index in [0.717, 1.165) is 22.1 Å². The molecule has 0 saturated carbocycles. The van der Waals surface area contributed by atoms with Crippen molar-refractivity contribution in [2.45, 2.75) is 21.3 Å². The van der Waals surface area contributed by atoms with Crippen LogP contribution in [0.3, 0.4) is 0 Å². The van der Waals surface area contributed by atoms with Gasteiger partial charge in [0.1, 0.15) is 0 Å². The third-order valence-electron chi connectivity index (χ3n) is 3.31. The molecule has 0 aromatic heterocycles. The molecule has 0 radical (unpaired) electrons. The average molecular weight is 518 g/mol. The van der Waals surface area contributed by atoms with Crippen molar-refractivity contribution in [3.63, 3.8) is 0 Å². The minimum atomic E-state index is -0.710. The zero-order valence-electron chi connectivity index (χ0n) is 15.8. The Morgan fingerprint density at radius 3 is 1.29 bits per heavy atom. The Bertz CT molecular complexity index is 653. The molecule has 2 aromatic carbocycles. The van der Waals surface area contributed by atoms with Gasteiger partial charge in [-0.1, -0.05) is 0 Å². The number of aliphatic carboxylic acids is 2. The molecule has 2 rings (SSSR count). The molecule has 0 aliphatic rings. The second-order valence-corrected chi connectivity index (χ2v) is 9.60. The number of carboxylic acid groups (broad SMARTS) is 2. The number of hydrogen-bond acceptors (Lipinski definition) is 4. The SMILES string of the molecule is COc1ccc(C[Se]CC(=O)O)cc1.COc1ccc(C[Se]CC(=O)O)cc1. The number of benzene rings is 2. The van der Waals surface area contributed by atoms with Crippen molar-refractivity contribution in [2.75, 3.05) is 14.2 Å². The predicted molar refractivity (Wildman–Crippen MR) is 110 cm³/mol. The van der Waals surface area contributed by atoms with Gasteiger partial charge in [-0.05, 0) is 0 Å². The van der Waals surface area contributed by atoms with Gasteiger partial charge in [0.05, 0.1) is 0 Å². The van der Waals surface area contributed by atoms with Crippen molar-refractivity contribution in [1.29, 1.82) is 0 Å². The number of ether oxygens (including phenoxy) is 2. The molecule has 0 unspecified atom stereocenters. The van der Waals surface area contributed by atoms with Gasteiger partial charge in [0.15, 0.2) is 0 Å². The quantitative estimate of drug-likeness (QED) is 0.470. The standard InChI is InChI=1S/2C10H12O3Se/c2*1-13-9-4-2-8(3-5-9)6-14-7-10(11)12/h2*2-5H,6-7H2,1H3,(H,11,12). The van der Waals surface area contributed by atoms with Crippen molar-refractivity contribution in [3.05, 3.63) is 59.7 Å². The molecule has 0 aliphatic carbocycles. The summed E-state index contributed by atoms with van der Waals surface area (Å²) in [6, 6.07) is 15.5. The third-order valence-corrected chi connectivity index (χ3v) is 7.45. The molecule has 152 valence electrons. The first kappa shape index (κ1) is 24.1. The van der Waals surface area contributed by atoms with Gasteiger partial charge >= 0.3 is 178 Å². The molecular formula is C20H24O6Se2. The van der Waals surface area contributed by atoms with E-state index >= 15 is 0 Å². The molecule has 0 aliphatic heterocycles. The van der Waals surface area contributed by atoms with Crippen LogP contribution in [0.25, 0.3) is 0 Å². The van der Waals surface area contributed by atoms with E-state index in [1.165, 1.54) is 11.1 Å². The first-order chi connectivity index (χ1) is 13.4. The van der Waals surface area contributed by atoms with E-state index in [-0.39, 0.29) is 29.9 Å². The van der Waals surface area contributed by atoms with Gasteiger partial charge in [-0.15, -0.1) is 0 Å². The van der Waals surface area contributed by atoms with Crippen LogP contribution in [0.15, 0.2) is 48.5 Å². The van der Waals surface area contributed by atoms with E-state index in [4.69, 9.17) is 19.7 Å². The zero-order chi connectivity index (χ0) is 20.8. The zero-order valence-corrected chi connectivity index (χ0v) is 19.2. The van der Waals surface area contributed by atoms with E-state index in [9.17, 15) is 9.59 Å². The van der Waals surface area contributed by atoms with Crippen LogP contribution in [-0.2, 0) is 20.2 Å². The van der Waals surface area contributed by atoms with E-state index in [0.29, 0.717) is 10.6 Å². The number of carbonyl (C=O) groups is 2. The summed E-state index contributed by atoms with van der Waals surface area (Å²) in [6.07, 6.45) is 0. The van der Waals surface area contributed by atoms with Gasteiger partial charge in [0.25, 0.3) is 0 Å². The fraction of sp³-hybridized carbons (Fsp3) is 0.300. The Morgan fingerprint density at radius 1 is 0.714 bits per heavy atom. The fourth-order valence-corrected chi connectivity index (χ4v) is 4.91. The molecule has 28 heavy (non-hydrogen) atoms. The van der Waals surface area contributed by atoms with Crippen LogP contribution in [-0.4, -0.2) is 66.3 Å². The van der Waals surface area contributed by atoms with Crippen molar-refractivity contribution in [2.24, 2.45) is 0 Å². The van der Waals surface area contributed by atoms with Crippen LogP contribution in [0.2, 0.25) is 10.6 Å². The number of rotatable bonds is 10. The molecular weight excluding hydrogens is 494 g/mol. The second kappa shape index (κ2) is 14.1. The molecule has 0 heterocycles. The average Bonchev–Trinajstić information content (AvgIpc) is 2.69. The molecule has 0 saturated heterocycles. The fourth-order valence-electron chi connectivity index (χ4n) is 1.96. The Kier molecular flexibility index (Phi) is 12.1. The van der Waals surface area contributed by atoms with Gasteiger partial charge in [0.2, 0.25) is 0 Å². The summed E-state index contributed by atoms with van der Waals surface area (Å²) in [7, 11) is 3.26. The van der Waals surface area contributed by atoms with Gasteiger partial charge in [-0.2, -0.15) is 0 Å². The van der Waals surface area contributed by atoms with Crippen LogP contribution in [0, 0.1) is 0 Å². The van der Waals surface area contributed by atoms with Crippen LogP contribution < -0.4 is 9.47 Å². The molecule has 8 heteroatoms. The second-order valence-electron chi connectivity index (χ2n) is 5.47. The van der Waals surface area contributed by atoms with Crippen molar-refractivity contribution in [3.8, 4) is 11.5 Å². The van der Waals surface area contributed by atoms with Crippen molar-refractivity contribution in [1.82, 2.24) is 0 Å². The maximum absolute atomic E-state index is 10.3. The summed E-state index contributed by atoms with van der Waals surface area (Å²) in [6.45, 7) is 0. The number of carboxylic acids is 2. The first-order valence-electron chi connectivity index (χ1n) is 8.29. The van der Waals surface area contributed by atoms with Crippen molar-refractivity contribution >= 4 is 41.9 Å². The molecule has 6 nitrogen and oxygen atoms in total. The third kappa shape index (κ3) is 11.0. The summed E-state index contributed by atoms with van der Waals surface area (Å²) in [5.74, 6) is 0.246. The van der Waals surface area contributed by atoms with Gasteiger partial charge in [-0.25, -0.2) is 0 Å². The Labute approximate surface area is 177 Å². The topological polar surface area (TPSA) is 93.1 Å². The maximum atomic E-state index is 10.3. The number of methoxy groups -OCH3 is 2. The molecule has 0 fully saturated rings. The summed E-state index contributed by atoms with van der Waals surface area (Å²) in [5.41, 5.74) is 2.35. The normalized spacial score (nSPS) is 9.79.